The molecule has 3 heterocycles. The van der Waals surface area contributed by atoms with Crippen LogP contribution < -0.4 is 9.47 Å². The third-order valence-corrected chi connectivity index (χ3v) is 6.34. The third kappa shape index (κ3) is 3.24. The Morgan fingerprint density at radius 1 is 1.03 bits per heavy atom. The first-order valence-electron chi connectivity index (χ1n) is 10.6. The molecule has 0 unspecified atom stereocenters. The molecule has 9 nitrogen and oxygen atoms in total. The Kier molecular flexibility index (Phi) is 4.88. The van der Waals surface area contributed by atoms with Crippen molar-refractivity contribution in [2.45, 2.75) is 44.3 Å². The van der Waals surface area contributed by atoms with Gasteiger partial charge in [-0.3, -0.25) is 9.48 Å². The fourth-order valence-electron chi connectivity index (χ4n) is 4.88. The molecule has 5 rings (SSSR count). The molecule has 0 saturated heterocycles. The van der Waals surface area contributed by atoms with Crippen molar-refractivity contribution >= 4 is 5.91 Å². The van der Waals surface area contributed by atoms with Crippen molar-refractivity contribution in [1.29, 1.82) is 0 Å². The van der Waals surface area contributed by atoms with E-state index in [9.17, 15) is 4.79 Å². The summed E-state index contributed by atoms with van der Waals surface area (Å²) in [6.45, 7) is 0.427. The molecule has 1 aromatic carbocycles. The highest BCUT2D eigenvalue weighted by molar-refractivity contribution is 5.92. The maximum atomic E-state index is 13.3. The minimum Gasteiger partial charge on any atom is -0.493 e. The van der Waals surface area contributed by atoms with Gasteiger partial charge in [-0.1, -0.05) is 12.8 Å². The monoisotopic (exact) mass is 422 g/mol. The molecule has 0 radical (unpaired) electrons. The number of carbonyl (C=O) groups excluding carboxylic acids is 1. The number of aryl methyl sites for hydroxylation is 1. The molecule has 31 heavy (non-hydrogen) atoms. The van der Waals surface area contributed by atoms with Crippen LogP contribution in [0.3, 0.4) is 0 Å². The normalized spacial score (nSPS) is 20.2. The van der Waals surface area contributed by atoms with Gasteiger partial charge in [-0.2, -0.15) is 5.10 Å². The number of hydrogen-bond acceptors (Lipinski definition) is 6. The lowest BCUT2D eigenvalue weighted by atomic mass is 9.87. The molecule has 1 aliphatic carbocycles. The van der Waals surface area contributed by atoms with E-state index in [0.29, 0.717) is 23.7 Å². The second-order valence-electron chi connectivity index (χ2n) is 8.11. The molecule has 9 heteroatoms. The average Bonchev–Trinajstić information content (AvgIpc) is 3.44. The number of fused-ring (bicyclic) bond motifs is 3. The van der Waals surface area contributed by atoms with Crippen LogP contribution in [-0.2, 0) is 13.6 Å². The summed E-state index contributed by atoms with van der Waals surface area (Å²) < 4.78 is 14.7. The van der Waals surface area contributed by atoms with Crippen LogP contribution >= 0.6 is 0 Å². The van der Waals surface area contributed by atoms with Gasteiger partial charge < -0.3 is 18.9 Å². The first-order valence-corrected chi connectivity index (χ1v) is 10.6. The smallest absolute Gasteiger partial charge is 0.275 e. The summed E-state index contributed by atoms with van der Waals surface area (Å²) in [5.41, 5.74) is 1.39. The summed E-state index contributed by atoms with van der Waals surface area (Å²) in [7, 11) is 5.07. The molecule has 0 spiro atoms. The SMILES string of the molecule is COc1ccc(-c2nnc3n2[C@@H]2CCCC[C@H]2N(C(=O)c2ccn(C)n2)C3)cc1OC. The van der Waals surface area contributed by atoms with Crippen LogP contribution in [-0.4, -0.2) is 55.6 Å². The van der Waals surface area contributed by atoms with E-state index in [1.165, 1.54) is 0 Å². The lowest BCUT2D eigenvalue weighted by Crippen LogP contribution is -2.50. The molecular formula is C22H26N6O3. The highest BCUT2D eigenvalue weighted by atomic mass is 16.5. The summed E-state index contributed by atoms with van der Waals surface area (Å²) in [6, 6.07) is 7.80. The number of rotatable bonds is 4. The number of amides is 1. The average molecular weight is 422 g/mol. The standard InChI is InChI=1S/C22H26N6O3/c1-26-11-10-15(25-26)22(29)27-13-20-23-24-21(28(20)17-7-5-4-6-16(17)27)14-8-9-18(30-2)19(12-14)31-3/h8-12,16-17H,4-7,13H2,1-3H3/t16-,17-/m1/s1. The van der Waals surface area contributed by atoms with E-state index < -0.39 is 0 Å². The van der Waals surface area contributed by atoms with Crippen molar-refractivity contribution in [3.63, 3.8) is 0 Å². The Labute approximate surface area is 180 Å². The maximum Gasteiger partial charge on any atom is 0.275 e. The first kappa shape index (κ1) is 19.6. The predicted molar refractivity (Wildman–Crippen MR) is 113 cm³/mol. The van der Waals surface area contributed by atoms with Crippen LogP contribution in [0.15, 0.2) is 30.5 Å². The van der Waals surface area contributed by atoms with Gasteiger partial charge in [-0.25, -0.2) is 0 Å². The lowest BCUT2D eigenvalue weighted by Gasteiger charge is -2.44. The zero-order valence-corrected chi connectivity index (χ0v) is 18.0. The third-order valence-electron chi connectivity index (χ3n) is 6.34. The Balaban J connectivity index is 1.55. The van der Waals surface area contributed by atoms with Crippen molar-refractivity contribution < 1.29 is 14.3 Å². The van der Waals surface area contributed by atoms with E-state index in [1.54, 1.807) is 31.2 Å². The van der Waals surface area contributed by atoms with Crippen molar-refractivity contribution in [1.82, 2.24) is 29.4 Å². The summed E-state index contributed by atoms with van der Waals surface area (Å²) in [4.78, 5) is 15.2. The van der Waals surface area contributed by atoms with Crippen molar-refractivity contribution in [3.8, 4) is 22.9 Å². The molecule has 3 aromatic rings. The van der Waals surface area contributed by atoms with Crippen LogP contribution in [0.5, 0.6) is 11.5 Å². The first-order chi connectivity index (χ1) is 15.1. The Morgan fingerprint density at radius 3 is 2.52 bits per heavy atom. The number of benzene rings is 1. The number of nitrogens with zero attached hydrogens (tertiary/aromatic N) is 6. The molecule has 0 bridgehead atoms. The molecule has 1 fully saturated rings. The summed E-state index contributed by atoms with van der Waals surface area (Å²) in [5, 5.41) is 13.3. The van der Waals surface area contributed by atoms with Gasteiger partial charge in [0.15, 0.2) is 23.1 Å². The summed E-state index contributed by atoms with van der Waals surface area (Å²) in [5.74, 6) is 2.89. The molecule has 1 amide bonds. The number of carbonyl (C=O) groups is 1. The Bertz CT molecular complexity index is 1120. The van der Waals surface area contributed by atoms with Crippen LogP contribution in [0.4, 0.5) is 0 Å². The highest BCUT2D eigenvalue weighted by Crippen LogP contribution is 2.41. The number of ether oxygens (including phenoxy) is 2. The second kappa shape index (κ2) is 7.72. The summed E-state index contributed by atoms with van der Waals surface area (Å²) >= 11 is 0. The van der Waals surface area contributed by atoms with Gasteiger partial charge in [0.25, 0.3) is 5.91 Å². The molecule has 1 saturated carbocycles. The number of methoxy groups -OCH3 is 2. The molecular weight excluding hydrogens is 396 g/mol. The van der Waals surface area contributed by atoms with Crippen LogP contribution in [0.1, 0.15) is 48.0 Å². The van der Waals surface area contributed by atoms with E-state index in [4.69, 9.17) is 9.47 Å². The topological polar surface area (TPSA) is 87.3 Å². The fourth-order valence-corrected chi connectivity index (χ4v) is 4.88. The van der Waals surface area contributed by atoms with Crippen LogP contribution in [0.2, 0.25) is 0 Å². The quantitative estimate of drug-likeness (QED) is 0.643. The number of aromatic nitrogens is 5. The van der Waals surface area contributed by atoms with E-state index in [-0.39, 0.29) is 18.0 Å². The van der Waals surface area contributed by atoms with Gasteiger partial charge in [-0.05, 0) is 37.1 Å². The molecule has 162 valence electrons. The minimum atomic E-state index is -0.0422. The van der Waals surface area contributed by atoms with E-state index in [0.717, 1.165) is 42.9 Å². The van der Waals surface area contributed by atoms with Gasteiger partial charge >= 0.3 is 0 Å². The van der Waals surface area contributed by atoms with E-state index in [2.05, 4.69) is 19.9 Å². The maximum absolute atomic E-state index is 13.3. The van der Waals surface area contributed by atoms with Gasteiger partial charge in [-0.15, -0.1) is 10.2 Å². The molecule has 2 aromatic heterocycles. The fraction of sp³-hybridized carbons (Fsp3) is 0.455. The van der Waals surface area contributed by atoms with Gasteiger partial charge in [0.1, 0.15) is 5.69 Å². The van der Waals surface area contributed by atoms with Crippen molar-refractivity contribution in [2.75, 3.05) is 14.2 Å². The molecule has 2 atom stereocenters. The van der Waals surface area contributed by atoms with Gasteiger partial charge in [0.05, 0.1) is 32.8 Å². The van der Waals surface area contributed by atoms with Gasteiger partial charge in [0.2, 0.25) is 0 Å². The van der Waals surface area contributed by atoms with Gasteiger partial charge in [0, 0.05) is 18.8 Å². The lowest BCUT2D eigenvalue weighted by molar-refractivity contribution is 0.0414. The van der Waals surface area contributed by atoms with E-state index >= 15 is 0 Å². The second-order valence-corrected chi connectivity index (χ2v) is 8.11. The summed E-state index contributed by atoms with van der Waals surface area (Å²) in [6.07, 6.45) is 5.98. The zero-order chi connectivity index (χ0) is 21.5. The van der Waals surface area contributed by atoms with Crippen molar-refractivity contribution in [3.05, 3.63) is 42.0 Å². The highest BCUT2D eigenvalue weighted by Gasteiger charge is 2.42. The molecule has 1 aliphatic heterocycles. The Morgan fingerprint density at radius 2 is 1.81 bits per heavy atom. The molecule has 0 N–H and O–H groups in total. The van der Waals surface area contributed by atoms with E-state index in [1.807, 2.05) is 30.1 Å². The van der Waals surface area contributed by atoms with Crippen molar-refractivity contribution in [2.24, 2.45) is 7.05 Å². The van der Waals surface area contributed by atoms with Crippen LogP contribution in [0.25, 0.3) is 11.4 Å². The predicted octanol–water partition coefficient (Wildman–Crippen LogP) is 2.84. The molecule has 2 aliphatic rings. The number of hydrogen-bond donors (Lipinski definition) is 0. The van der Waals surface area contributed by atoms with Crippen LogP contribution in [0, 0.1) is 0 Å². The Hall–Kier alpha value is -3.36. The minimum absolute atomic E-state index is 0.0422. The zero-order valence-electron chi connectivity index (χ0n) is 18.0. The largest absolute Gasteiger partial charge is 0.493 e.